The summed E-state index contributed by atoms with van der Waals surface area (Å²) in [6.07, 6.45) is 0. The molecule has 0 aliphatic rings. The van der Waals surface area contributed by atoms with Crippen molar-refractivity contribution >= 4 is 5.78 Å². The molecule has 0 heterocycles. The molecular weight excluding hydrogens is 827 g/mol. The third kappa shape index (κ3) is 82.4. The van der Waals surface area contributed by atoms with Crippen molar-refractivity contribution < 1.29 is 108 Å². The van der Waals surface area contributed by atoms with Gasteiger partial charge in [0.2, 0.25) is 0 Å². The van der Waals surface area contributed by atoms with E-state index in [0.717, 1.165) is 0 Å². The van der Waals surface area contributed by atoms with Gasteiger partial charge in [-0.2, -0.15) is 0 Å². The van der Waals surface area contributed by atoms with Gasteiger partial charge in [-0.3, -0.25) is 4.79 Å². The summed E-state index contributed by atoms with van der Waals surface area (Å²) in [7, 11) is 2.85. The first-order valence-corrected chi connectivity index (χ1v) is 16.0. The van der Waals surface area contributed by atoms with Crippen LogP contribution < -0.4 is 50.3 Å². The minimum absolute atomic E-state index is 0. The van der Waals surface area contributed by atoms with Gasteiger partial charge in [0.1, 0.15) is 11.5 Å². The van der Waals surface area contributed by atoms with E-state index in [4.69, 9.17) is 9.47 Å². The van der Waals surface area contributed by atoms with Gasteiger partial charge >= 0.3 is 52.4 Å². The van der Waals surface area contributed by atoms with Crippen LogP contribution in [-0.2, 0) is 52.4 Å². The molecule has 0 aliphatic carbocycles. The maximum Gasteiger partial charge on any atom is 4.00 e. The molecule has 11 nitrogen and oxygen atoms in total. The fourth-order valence-corrected chi connectivity index (χ4v) is 1.78. The molecule has 0 unspecified atom stereocenters. The van der Waals surface area contributed by atoms with Gasteiger partial charge in [-0.05, 0) is 36.4 Å². The molecule has 0 aromatic heterocycles. The predicted octanol–water partition coefficient (Wildman–Crippen LogP) is 1.95. The normalized spacial score (nSPS) is 10.8. The van der Waals surface area contributed by atoms with E-state index in [1.165, 1.54) is 50.6 Å². The Balaban J connectivity index is -0.000000105. The maximum atomic E-state index is 12.2. The number of hydrogen-bond donors (Lipinski definition) is 0. The number of hydrogen-bond acceptors (Lipinski definition) is 11. The molecule has 0 amide bonds. The number of rotatable bonds is 4. The van der Waals surface area contributed by atoms with Crippen LogP contribution in [0.1, 0.15) is 141 Å². The molecule has 0 saturated heterocycles. The molecular formula is C39H66O11Zr2. The van der Waals surface area contributed by atoms with E-state index in [9.17, 15) is 45.6 Å². The van der Waals surface area contributed by atoms with Gasteiger partial charge in [0.15, 0.2) is 5.78 Å². The molecule has 2 aromatic rings. The van der Waals surface area contributed by atoms with Crippen molar-refractivity contribution in [3.05, 3.63) is 47.5 Å². The van der Waals surface area contributed by atoms with Crippen molar-refractivity contribution in [3.63, 3.8) is 0 Å². The quantitative estimate of drug-likeness (QED) is 0.404. The van der Waals surface area contributed by atoms with Gasteiger partial charge in [-0.15, -0.1) is 33.6 Å². The first kappa shape index (κ1) is 65.7. The summed E-state index contributed by atoms with van der Waals surface area (Å²) in [5.74, 6) is -0.841. The standard InChI is InChI=1S/C15H14O5.6C4H9O.2Zr/c1-19-9-3-5-11(13(16)7-9)15(18)12-6-4-10(20-2)8-14(12)17;6*1-4(2,3)5;;/h3-8,16-17H,1-2H3;6*1-3H3;;/q;6*-1;2*+4/p-2. The molecule has 0 spiro atoms. The Morgan fingerprint density at radius 3 is 0.692 bits per heavy atom. The summed E-state index contributed by atoms with van der Waals surface area (Å²) in [4.78, 5) is 12.2. The smallest absolute Gasteiger partial charge is 0.872 e. The Kier molecular flexibility index (Phi) is 36.9. The Labute approximate surface area is 354 Å². The Morgan fingerprint density at radius 2 is 0.577 bits per heavy atom. The van der Waals surface area contributed by atoms with E-state index in [-0.39, 0.29) is 63.5 Å². The first-order chi connectivity index (χ1) is 21.6. The third-order valence-corrected chi connectivity index (χ3v) is 2.87. The van der Waals surface area contributed by atoms with Crippen LogP contribution in [0.2, 0.25) is 0 Å². The minimum Gasteiger partial charge on any atom is -0.872 e. The van der Waals surface area contributed by atoms with Crippen molar-refractivity contribution in [2.45, 2.75) is 158 Å². The maximum absolute atomic E-state index is 12.2. The molecule has 52 heavy (non-hydrogen) atoms. The fourth-order valence-electron chi connectivity index (χ4n) is 1.78. The number of ketones is 1. The summed E-state index contributed by atoms with van der Waals surface area (Å²) < 4.78 is 9.80. The summed E-state index contributed by atoms with van der Waals surface area (Å²) in [5.41, 5.74) is -4.62. The molecule has 0 radical (unpaired) electrons. The zero-order valence-corrected chi connectivity index (χ0v) is 40.4. The van der Waals surface area contributed by atoms with Crippen LogP contribution in [-0.4, -0.2) is 53.6 Å². The summed E-state index contributed by atoms with van der Waals surface area (Å²) in [6.45, 7) is 29.4. The Morgan fingerprint density at radius 1 is 0.423 bits per heavy atom. The van der Waals surface area contributed by atoms with Gasteiger partial charge in [-0.25, -0.2) is 0 Å². The van der Waals surface area contributed by atoms with Crippen LogP contribution in [0.15, 0.2) is 36.4 Å². The Bertz CT molecular complexity index is 993. The average molecular weight is 893 g/mol. The molecule has 0 fully saturated rings. The number of ether oxygens (including phenoxy) is 2. The summed E-state index contributed by atoms with van der Waals surface area (Å²) >= 11 is 0. The van der Waals surface area contributed by atoms with Crippen molar-refractivity contribution in [3.8, 4) is 23.0 Å². The van der Waals surface area contributed by atoms with Crippen LogP contribution in [0.4, 0.5) is 0 Å². The topological polar surface area (TPSA) is 220 Å². The van der Waals surface area contributed by atoms with E-state index in [2.05, 4.69) is 0 Å². The minimum atomic E-state index is -0.750. The van der Waals surface area contributed by atoms with Crippen LogP contribution in [0.5, 0.6) is 23.0 Å². The van der Waals surface area contributed by atoms with E-state index < -0.39 is 50.9 Å². The second kappa shape index (κ2) is 29.2. The van der Waals surface area contributed by atoms with E-state index in [0.29, 0.717) is 11.5 Å². The molecule has 0 bridgehead atoms. The Hall–Kier alpha value is -1.16. The van der Waals surface area contributed by atoms with E-state index in [1.807, 2.05) is 0 Å². The number of carbonyl (C=O) groups is 1. The van der Waals surface area contributed by atoms with E-state index in [1.54, 1.807) is 125 Å². The summed E-state index contributed by atoms with van der Waals surface area (Å²) in [5, 5.41) is 84.3. The van der Waals surface area contributed by atoms with Gasteiger partial charge < -0.3 is 50.3 Å². The largest absolute Gasteiger partial charge is 4.00 e. The number of carbonyl (C=O) groups excluding carboxylic acids is 1. The van der Waals surface area contributed by atoms with Crippen molar-refractivity contribution in [1.29, 1.82) is 0 Å². The average Bonchev–Trinajstić information content (AvgIpc) is 2.77. The second-order valence-electron chi connectivity index (χ2n) is 16.7. The van der Waals surface area contributed by atoms with Crippen molar-refractivity contribution in [2.75, 3.05) is 14.2 Å². The van der Waals surface area contributed by atoms with Crippen molar-refractivity contribution in [2.24, 2.45) is 0 Å². The molecule has 0 N–H and O–H groups in total. The van der Waals surface area contributed by atoms with Gasteiger partial charge in [0.05, 0.1) is 14.2 Å². The van der Waals surface area contributed by atoms with Gasteiger partial charge in [0.25, 0.3) is 0 Å². The monoisotopic (exact) mass is 890 g/mol. The van der Waals surface area contributed by atoms with Crippen LogP contribution in [0.3, 0.4) is 0 Å². The summed E-state index contributed by atoms with van der Waals surface area (Å²) in [6, 6.07) is 8.13. The number of benzene rings is 2. The van der Waals surface area contributed by atoms with Crippen molar-refractivity contribution in [1.82, 2.24) is 0 Å². The molecule has 0 aliphatic heterocycles. The SMILES string of the molecule is CC(C)(C)[O-].CC(C)(C)[O-].CC(C)(C)[O-].CC(C)(C)[O-].CC(C)(C)[O-].CC(C)(C)[O-].COc1ccc(C(=O)c2ccc(OC)cc2[O-])c([O-])c1.[Zr+4].[Zr+4]. The van der Waals surface area contributed by atoms with Gasteiger partial charge in [0, 0.05) is 11.1 Å². The van der Waals surface area contributed by atoms with Crippen LogP contribution in [0, 0.1) is 0 Å². The molecule has 0 saturated carbocycles. The fraction of sp³-hybridized carbons (Fsp3) is 0.667. The zero-order chi connectivity index (χ0) is 41.7. The first-order valence-electron chi connectivity index (χ1n) is 16.0. The molecule has 0 atom stereocenters. The predicted molar refractivity (Wildman–Crippen MR) is 187 cm³/mol. The second-order valence-corrected chi connectivity index (χ2v) is 16.7. The van der Waals surface area contributed by atoms with Crippen LogP contribution in [0.25, 0.3) is 0 Å². The zero-order valence-electron chi connectivity index (χ0n) is 35.5. The molecule has 2 rings (SSSR count). The third-order valence-electron chi connectivity index (χ3n) is 2.87. The van der Waals surface area contributed by atoms with Gasteiger partial charge in [-0.1, -0.05) is 136 Å². The van der Waals surface area contributed by atoms with Crippen LogP contribution >= 0.6 is 0 Å². The number of methoxy groups -OCH3 is 2. The molecule has 296 valence electrons. The van der Waals surface area contributed by atoms with E-state index >= 15 is 0 Å². The molecule has 13 heteroatoms. The molecule has 2 aromatic carbocycles.